The predicted molar refractivity (Wildman–Crippen MR) is 89.5 cm³/mol. The van der Waals surface area contributed by atoms with E-state index in [1.165, 1.54) is 6.20 Å². The second-order valence-corrected chi connectivity index (χ2v) is 5.77. The van der Waals surface area contributed by atoms with Crippen molar-refractivity contribution in [1.29, 1.82) is 0 Å². The second-order valence-electron chi connectivity index (χ2n) is 5.77. The number of hydrogen-bond donors (Lipinski definition) is 1. The van der Waals surface area contributed by atoms with E-state index < -0.39 is 0 Å². The monoisotopic (exact) mass is 318 g/mol. The van der Waals surface area contributed by atoms with Crippen molar-refractivity contribution in [3.63, 3.8) is 0 Å². The maximum Gasteiger partial charge on any atom is 0.269 e. The van der Waals surface area contributed by atoms with Crippen LogP contribution >= 0.6 is 0 Å². The number of rotatable bonds is 6. The summed E-state index contributed by atoms with van der Waals surface area (Å²) in [5, 5.41) is 2.83. The van der Waals surface area contributed by atoms with Crippen molar-refractivity contribution >= 4 is 11.8 Å². The molecule has 1 aromatic heterocycles. The molecule has 0 bridgehead atoms. The van der Waals surface area contributed by atoms with Crippen molar-refractivity contribution < 1.29 is 9.59 Å². The predicted octanol–water partition coefficient (Wildman–Crippen LogP) is 1.39. The summed E-state index contributed by atoms with van der Waals surface area (Å²) in [4.78, 5) is 32.9. The molecule has 1 aliphatic rings. The summed E-state index contributed by atoms with van der Waals surface area (Å²) in [5.41, 5.74) is 0.838. The average Bonchev–Trinajstić information content (AvgIpc) is 2.61. The molecule has 1 fully saturated rings. The number of amides is 2. The van der Waals surface area contributed by atoms with E-state index in [2.05, 4.69) is 29.0 Å². The van der Waals surface area contributed by atoms with Gasteiger partial charge in [0, 0.05) is 44.5 Å². The zero-order chi connectivity index (χ0) is 16.7. The minimum absolute atomic E-state index is 0.0224. The first-order valence-corrected chi connectivity index (χ1v) is 8.41. The van der Waals surface area contributed by atoms with Crippen LogP contribution in [-0.4, -0.2) is 65.9 Å². The zero-order valence-electron chi connectivity index (χ0n) is 14.0. The summed E-state index contributed by atoms with van der Waals surface area (Å²) in [6.07, 6.45) is 3.49. The van der Waals surface area contributed by atoms with Crippen LogP contribution in [0.25, 0.3) is 0 Å². The summed E-state index contributed by atoms with van der Waals surface area (Å²) < 4.78 is 0. The van der Waals surface area contributed by atoms with Gasteiger partial charge in [-0.05, 0) is 25.1 Å². The van der Waals surface area contributed by atoms with Gasteiger partial charge in [-0.2, -0.15) is 0 Å². The Balaban J connectivity index is 1.98. The van der Waals surface area contributed by atoms with Crippen LogP contribution in [0.5, 0.6) is 0 Å². The van der Waals surface area contributed by atoms with Crippen molar-refractivity contribution in [1.82, 2.24) is 20.1 Å². The normalized spacial score (nSPS) is 15.5. The van der Waals surface area contributed by atoms with Gasteiger partial charge in [0.25, 0.3) is 11.8 Å². The number of likely N-dealkylation sites (N-methyl/N-ethyl adjacent to an activating group) is 1. The number of aromatic nitrogens is 1. The number of hydrogen-bond acceptors (Lipinski definition) is 4. The molecule has 1 N–H and O–H groups in total. The van der Waals surface area contributed by atoms with Gasteiger partial charge in [-0.1, -0.05) is 20.3 Å². The van der Waals surface area contributed by atoms with Crippen molar-refractivity contribution in [3.05, 3.63) is 29.6 Å². The van der Waals surface area contributed by atoms with Crippen LogP contribution in [-0.2, 0) is 0 Å². The van der Waals surface area contributed by atoms with Crippen molar-refractivity contribution in [2.24, 2.45) is 0 Å². The van der Waals surface area contributed by atoms with Crippen LogP contribution in [0.4, 0.5) is 0 Å². The van der Waals surface area contributed by atoms with Crippen LogP contribution in [0, 0.1) is 0 Å². The lowest BCUT2D eigenvalue weighted by molar-refractivity contribution is 0.0643. The quantitative estimate of drug-likeness (QED) is 0.805. The number of piperazine rings is 1. The molecule has 2 amide bonds. The van der Waals surface area contributed by atoms with Gasteiger partial charge in [0.1, 0.15) is 5.69 Å². The Hall–Kier alpha value is -1.95. The molecule has 1 aromatic rings. The van der Waals surface area contributed by atoms with E-state index in [4.69, 9.17) is 0 Å². The molecule has 23 heavy (non-hydrogen) atoms. The molecule has 1 saturated heterocycles. The first-order chi connectivity index (χ1) is 11.2. The number of carbonyl (C=O) groups excluding carboxylic acids is 2. The Morgan fingerprint density at radius 2 is 1.96 bits per heavy atom. The van der Waals surface area contributed by atoms with E-state index in [1.807, 2.05) is 4.90 Å². The fourth-order valence-electron chi connectivity index (χ4n) is 2.61. The molecule has 126 valence electrons. The summed E-state index contributed by atoms with van der Waals surface area (Å²) in [6.45, 7) is 9.11. The van der Waals surface area contributed by atoms with Gasteiger partial charge in [0.15, 0.2) is 0 Å². The third kappa shape index (κ3) is 4.76. The fraction of sp³-hybridized carbons (Fsp3) is 0.588. The highest BCUT2D eigenvalue weighted by atomic mass is 16.2. The zero-order valence-corrected chi connectivity index (χ0v) is 14.0. The molecule has 0 spiro atoms. The third-order valence-electron chi connectivity index (χ3n) is 4.16. The average molecular weight is 318 g/mol. The molecular weight excluding hydrogens is 292 g/mol. The van der Waals surface area contributed by atoms with Gasteiger partial charge < -0.3 is 15.1 Å². The SMILES string of the molecule is CCCCNC(=O)c1cc(C(=O)N2CCN(CC)CC2)ccn1. The lowest BCUT2D eigenvalue weighted by atomic mass is 10.1. The molecule has 0 aromatic carbocycles. The first kappa shape index (κ1) is 17.4. The largest absolute Gasteiger partial charge is 0.351 e. The number of nitrogens with zero attached hydrogens (tertiary/aromatic N) is 3. The van der Waals surface area contributed by atoms with Gasteiger partial charge in [-0.15, -0.1) is 0 Å². The smallest absolute Gasteiger partial charge is 0.269 e. The van der Waals surface area contributed by atoms with Gasteiger partial charge in [0.2, 0.25) is 0 Å². The molecular formula is C17H26N4O2. The molecule has 2 heterocycles. The highest BCUT2D eigenvalue weighted by molar-refractivity contribution is 5.98. The van der Waals surface area contributed by atoms with Gasteiger partial charge in [-0.25, -0.2) is 0 Å². The highest BCUT2D eigenvalue weighted by Crippen LogP contribution is 2.10. The molecule has 0 unspecified atom stereocenters. The molecule has 0 saturated carbocycles. The Labute approximate surface area is 137 Å². The summed E-state index contributed by atoms with van der Waals surface area (Å²) in [5.74, 6) is -0.241. The van der Waals surface area contributed by atoms with Crippen LogP contribution < -0.4 is 5.32 Å². The Morgan fingerprint density at radius 3 is 2.61 bits per heavy atom. The number of unbranched alkanes of at least 4 members (excludes halogenated alkanes) is 1. The summed E-state index contributed by atoms with van der Waals surface area (Å²) >= 11 is 0. The van der Waals surface area contributed by atoms with Crippen molar-refractivity contribution in [2.45, 2.75) is 26.7 Å². The van der Waals surface area contributed by atoms with E-state index in [0.717, 1.165) is 45.6 Å². The van der Waals surface area contributed by atoms with Crippen LogP contribution in [0.15, 0.2) is 18.3 Å². The van der Waals surface area contributed by atoms with Crippen LogP contribution in [0.2, 0.25) is 0 Å². The fourth-order valence-corrected chi connectivity index (χ4v) is 2.61. The van der Waals surface area contributed by atoms with Crippen LogP contribution in [0.3, 0.4) is 0 Å². The number of pyridine rings is 1. The molecule has 0 aliphatic carbocycles. The minimum Gasteiger partial charge on any atom is -0.351 e. The maximum absolute atomic E-state index is 12.6. The summed E-state index contributed by atoms with van der Waals surface area (Å²) in [6, 6.07) is 3.27. The molecule has 6 nitrogen and oxygen atoms in total. The van der Waals surface area contributed by atoms with E-state index in [-0.39, 0.29) is 11.8 Å². The molecule has 2 rings (SSSR count). The van der Waals surface area contributed by atoms with E-state index in [1.54, 1.807) is 12.1 Å². The van der Waals surface area contributed by atoms with Gasteiger partial charge >= 0.3 is 0 Å². The Morgan fingerprint density at radius 1 is 1.22 bits per heavy atom. The lowest BCUT2D eigenvalue weighted by Gasteiger charge is -2.34. The lowest BCUT2D eigenvalue weighted by Crippen LogP contribution is -2.48. The van der Waals surface area contributed by atoms with E-state index in [9.17, 15) is 9.59 Å². The summed E-state index contributed by atoms with van der Waals surface area (Å²) in [7, 11) is 0. The third-order valence-corrected chi connectivity index (χ3v) is 4.16. The number of carbonyl (C=O) groups is 2. The van der Waals surface area contributed by atoms with E-state index in [0.29, 0.717) is 17.8 Å². The Bertz CT molecular complexity index is 539. The molecule has 0 atom stereocenters. The topological polar surface area (TPSA) is 65.5 Å². The highest BCUT2D eigenvalue weighted by Gasteiger charge is 2.22. The first-order valence-electron chi connectivity index (χ1n) is 8.41. The van der Waals surface area contributed by atoms with E-state index >= 15 is 0 Å². The Kier molecular flexibility index (Phi) is 6.52. The standard InChI is InChI=1S/C17H26N4O2/c1-3-5-7-19-16(22)15-13-14(6-8-18-15)17(23)21-11-9-20(4-2)10-12-21/h6,8,13H,3-5,7,9-12H2,1-2H3,(H,19,22). The second kappa shape index (κ2) is 8.62. The van der Waals surface area contributed by atoms with Gasteiger partial charge in [0.05, 0.1) is 0 Å². The number of nitrogens with one attached hydrogen (secondary N) is 1. The van der Waals surface area contributed by atoms with Crippen molar-refractivity contribution in [2.75, 3.05) is 39.3 Å². The minimum atomic E-state index is -0.219. The van der Waals surface area contributed by atoms with Crippen molar-refractivity contribution in [3.8, 4) is 0 Å². The molecule has 6 heteroatoms. The van der Waals surface area contributed by atoms with Crippen LogP contribution in [0.1, 0.15) is 47.5 Å². The van der Waals surface area contributed by atoms with Gasteiger partial charge in [-0.3, -0.25) is 14.6 Å². The maximum atomic E-state index is 12.6. The molecule has 1 aliphatic heterocycles. The molecule has 0 radical (unpaired) electrons.